The smallest absolute Gasteiger partial charge is 0.332 e. The van der Waals surface area contributed by atoms with Crippen molar-refractivity contribution in [2.45, 2.75) is 32.7 Å². The van der Waals surface area contributed by atoms with E-state index in [1.165, 1.54) is 30.0 Å². The number of benzene rings is 2. The molecule has 11 heteroatoms. The zero-order valence-corrected chi connectivity index (χ0v) is 25.5. The summed E-state index contributed by atoms with van der Waals surface area (Å²) in [5.74, 6) is 0.678. The lowest BCUT2D eigenvalue weighted by atomic mass is 10.1. The van der Waals surface area contributed by atoms with E-state index in [2.05, 4.69) is 62.2 Å². The number of aryl methyl sites for hydroxylation is 2. The van der Waals surface area contributed by atoms with Crippen LogP contribution in [0.1, 0.15) is 30.9 Å². The second-order valence-corrected chi connectivity index (χ2v) is 11.5. The first kappa shape index (κ1) is 28.1. The Balaban J connectivity index is 1.36. The molecule has 0 radical (unpaired) electrons. The van der Waals surface area contributed by atoms with Crippen molar-refractivity contribution in [1.29, 1.82) is 0 Å². The van der Waals surface area contributed by atoms with Gasteiger partial charge in [-0.1, -0.05) is 53.5 Å². The average molecular weight is 625 g/mol. The van der Waals surface area contributed by atoms with Gasteiger partial charge in [0.15, 0.2) is 16.3 Å². The third-order valence-corrected chi connectivity index (χ3v) is 8.34. The Morgan fingerprint density at radius 1 is 0.950 bits per heavy atom. The van der Waals surface area contributed by atoms with Crippen LogP contribution in [-0.4, -0.2) is 54.9 Å². The summed E-state index contributed by atoms with van der Waals surface area (Å²) in [6, 6.07) is 16.5. The number of rotatable bonds is 7. The van der Waals surface area contributed by atoms with Crippen LogP contribution in [0.15, 0.2) is 62.6 Å². The van der Waals surface area contributed by atoms with Gasteiger partial charge < -0.3 is 15.1 Å². The quantitative estimate of drug-likeness (QED) is 0.310. The van der Waals surface area contributed by atoms with Crippen LogP contribution in [0.4, 0.5) is 11.6 Å². The largest absolute Gasteiger partial charge is 0.345 e. The second kappa shape index (κ2) is 12.0. The van der Waals surface area contributed by atoms with E-state index in [1.54, 1.807) is 7.05 Å². The number of hydrogen-bond donors (Lipinski definition) is 1. The number of halogens is 1. The molecule has 2 aromatic carbocycles. The number of imidazole rings is 1. The third-order valence-electron chi connectivity index (χ3n) is 7.46. The van der Waals surface area contributed by atoms with Crippen molar-refractivity contribution in [2.75, 3.05) is 36.4 Å². The summed E-state index contributed by atoms with van der Waals surface area (Å²) < 4.78 is 5.51. The Bertz CT molecular complexity index is 1630. The molecule has 5 rings (SSSR count). The molecule has 210 valence electrons. The minimum absolute atomic E-state index is 0.348. The van der Waals surface area contributed by atoms with E-state index in [9.17, 15) is 9.59 Å². The maximum absolute atomic E-state index is 13.3. The highest BCUT2D eigenvalue weighted by molar-refractivity contribution is 9.10. The molecule has 0 saturated carbocycles. The maximum Gasteiger partial charge on any atom is 0.332 e. The van der Waals surface area contributed by atoms with Crippen molar-refractivity contribution in [1.82, 2.24) is 23.6 Å². The molecule has 2 aromatic heterocycles. The summed E-state index contributed by atoms with van der Waals surface area (Å²) in [6.07, 6.45) is 3.47. The summed E-state index contributed by atoms with van der Waals surface area (Å²) in [5.41, 5.74) is 3.43. The molecule has 1 fully saturated rings. The number of anilines is 2. The Labute approximate surface area is 247 Å². The molecule has 1 aliphatic rings. The molecular formula is C29H34BrN7O2S. The summed E-state index contributed by atoms with van der Waals surface area (Å²) in [5, 5.41) is 4.07. The van der Waals surface area contributed by atoms with Crippen LogP contribution < -0.4 is 21.5 Å². The molecule has 0 amide bonds. The third kappa shape index (κ3) is 5.71. The number of thiocarbonyl (C=S) groups is 1. The highest BCUT2D eigenvalue weighted by atomic mass is 79.9. The van der Waals surface area contributed by atoms with Crippen molar-refractivity contribution in [3.63, 3.8) is 0 Å². The molecule has 1 N–H and O–H groups in total. The van der Waals surface area contributed by atoms with Gasteiger partial charge in [-0.25, -0.2) is 4.79 Å². The maximum atomic E-state index is 13.3. The van der Waals surface area contributed by atoms with Gasteiger partial charge in [-0.05, 0) is 60.5 Å². The van der Waals surface area contributed by atoms with Crippen LogP contribution >= 0.6 is 28.1 Å². The van der Waals surface area contributed by atoms with Gasteiger partial charge in [-0.2, -0.15) is 4.98 Å². The fraction of sp³-hybridized carbons (Fsp3) is 0.379. The van der Waals surface area contributed by atoms with Crippen LogP contribution in [0.2, 0.25) is 0 Å². The number of fused-ring (bicyclic) bond motifs is 1. The predicted molar refractivity (Wildman–Crippen MR) is 169 cm³/mol. The molecular weight excluding hydrogens is 590 g/mol. The highest BCUT2D eigenvalue weighted by Crippen LogP contribution is 2.24. The van der Waals surface area contributed by atoms with Crippen LogP contribution in [0.5, 0.6) is 0 Å². The summed E-state index contributed by atoms with van der Waals surface area (Å²) in [4.78, 5) is 35.1. The minimum atomic E-state index is -0.392. The van der Waals surface area contributed by atoms with Gasteiger partial charge in [0.2, 0.25) is 5.95 Å². The number of nitrogens with zero attached hydrogens (tertiary/aromatic N) is 6. The molecule has 0 bridgehead atoms. The van der Waals surface area contributed by atoms with Gasteiger partial charge in [0.1, 0.15) is 0 Å². The molecule has 0 atom stereocenters. The predicted octanol–water partition coefficient (Wildman–Crippen LogP) is 4.11. The van der Waals surface area contributed by atoms with Gasteiger partial charge in [0.25, 0.3) is 5.56 Å². The van der Waals surface area contributed by atoms with Gasteiger partial charge >= 0.3 is 5.69 Å². The Morgan fingerprint density at radius 3 is 2.25 bits per heavy atom. The zero-order valence-electron chi connectivity index (χ0n) is 23.1. The van der Waals surface area contributed by atoms with Crippen LogP contribution in [0.25, 0.3) is 11.2 Å². The van der Waals surface area contributed by atoms with E-state index in [-0.39, 0.29) is 5.56 Å². The van der Waals surface area contributed by atoms with E-state index in [0.717, 1.165) is 26.7 Å². The number of piperazine rings is 1. The van der Waals surface area contributed by atoms with Gasteiger partial charge in [0, 0.05) is 50.4 Å². The number of unbranched alkanes of at least 4 members (excludes halogenated alkanes) is 1. The molecule has 0 spiro atoms. The van der Waals surface area contributed by atoms with Crippen LogP contribution in [0.3, 0.4) is 0 Å². The molecule has 40 heavy (non-hydrogen) atoms. The highest BCUT2D eigenvalue weighted by Gasteiger charge is 2.26. The SMILES string of the molecule is CCCCc1ccc(NC(=S)N2CCN(c3nc4c(c(=O)n(C)c(=O)n4C)n3Cc3ccc(Br)cc3)CC2)cc1. The van der Waals surface area contributed by atoms with E-state index >= 15 is 0 Å². The first-order valence-electron chi connectivity index (χ1n) is 13.6. The van der Waals surface area contributed by atoms with E-state index in [0.29, 0.717) is 54.9 Å². The number of hydrogen-bond acceptors (Lipinski definition) is 5. The van der Waals surface area contributed by atoms with Crippen LogP contribution in [-0.2, 0) is 27.1 Å². The number of nitrogens with one attached hydrogen (secondary N) is 1. The fourth-order valence-electron chi connectivity index (χ4n) is 5.05. The molecule has 9 nitrogen and oxygen atoms in total. The molecule has 0 aliphatic carbocycles. The Morgan fingerprint density at radius 2 is 1.60 bits per heavy atom. The first-order chi connectivity index (χ1) is 19.3. The van der Waals surface area contributed by atoms with Crippen molar-refractivity contribution < 1.29 is 0 Å². The average Bonchev–Trinajstić information content (AvgIpc) is 3.35. The summed E-state index contributed by atoms with van der Waals surface area (Å²) in [6.45, 7) is 5.43. The molecule has 0 unspecified atom stereocenters. The monoisotopic (exact) mass is 623 g/mol. The van der Waals surface area contributed by atoms with Gasteiger partial charge in [-0.15, -0.1) is 0 Å². The molecule has 1 aliphatic heterocycles. The lowest BCUT2D eigenvalue weighted by Crippen LogP contribution is -2.50. The standard InChI is InChI=1S/C29H34BrN7O2S/c1-4-5-6-20-9-13-23(14-10-20)31-28(40)36-17-15-35(16-18-36)27-32-25-24(26(38)34(3)29(39)33(25)2)37(27)19-21-7-11-22(30)12-8-21/h7-14H,4-6,15-19H2,1-3H3,(H,31,40). The molecule has 4 aromatic rings. The number of aromatic nitrogens is 4. The first-order valence-corrected chi connectivity index (χ1v) is 14.8. The zero-order chi connectivity index (χ0) is 28.4. The lowest BCUT2D eigenvalue weighted by molar-refractivity contribution is 0.386. The minimum Gasteiger partial charge on any atom is -0.345 e. The van der Waals surface area contributed by atoms with Crippen molar-refractivity contribution in [2.24, 2.45) is 14.1 Å². The summed E-state index contributed by atoms with van der Waals surface area (Å²) >= 11 is 9.23. The van der Waals surface area contributed by atoms with Gasteiger partial charge in [-0.3, -0.25) is 18.5 Å². The fourth-order valence-corrected chi connectivity index (χ4v) is 5.61. The Hall–Kier alpha value is -3.44. The molecule has 3 heterocycles. The van der Waals surface area contributed by atoms with E-state index in [1.807, 2.05) is 28.8 Å². The van der Waals surface area contributed by atoms with E-state index in [4.69, 9.17) is 17.2 Å². The molecule has 1 saturated heterocycles. The van der Waals surface area contributed by atoms with Gasteiger partial charge in [0.05, 0.1) is 6.54 Å². The summed E-state index contributed by atoms with van der Waals surface area (Å²) in [7, 11) is 3.16. The van der Waals surface area contributed by atoms with Crippen molar-refractivity contribution in [3.8, 4) is 0 Å². The topological polar surface area (TPSA) is 80.3 Å². The second-order valence-electron chi connectivity index (χ2n) is 10.2. The normalized spacial score (nSPS) is 13.7. The lowest BCUT2D eigenvalue weighted by Gasteiger charge is -2.36. The van der Waals surface area contributed by atoms with Crippen LogP contribution in [0, 0.1) is 0 Å². The van der Waals surface area contributed by atoms with Crippen molar-refractivity contribution >= 4 is 56.1 Å². The van der Waals surface area contributed by atoms with E-state index < -0.39 is 5.69 Å². The Kier molecular flexibility index (Phi) is 8.41. The van der Waals surface area contributed by atoms with Crippen molar-refractivity contribution in [3.05, 3.63) is 85.0 Å².